The van der Waals surface area contributed by atoms with Gasteiger partial charge in [-0.25, -0.2) is 0 Å². The number of nitrogens with one attached hydrogen (secondary N) is 1. The molecule has 0 aliphatic heterocycles. The van der Waals surface area contributed by atoms with Gasteiger partial charge in [-0.2, -0.15) is 0 Å². The van der Waals surface area contributed by atoms with E-state index in [0.717, 1.165) is 28.6 Å². The minimum atomic E-state index is -0.845. The van der Waals surface area contributed by atoms with Crippen LogP contribution in [-0.2, 0) is 17.6 Å². The quantitative estimate of drug-likeness (QED) is 0.167. The number of ketones is 1. The van der Waals surface area contributed by atoms with Gasteiger partial charge in [-0.1, -0.05) is 62.2 Å². The Morgan fingerprint density at radius 3 is 2.34 bits per heavy atom. The van der Waals surface area contributed by atoms with E-state index in [2.05, 4.69) is 54.9 Å². The molecule has 5 nitrogen and oxygen atoms in total. The molecular formula is C33H33NO4. The number of carbonyl (C=O) groups excluding carboxylic acids is 1. The van der Waals surface area contributed by atoms with E-state index >= 15 is 0 Å². The number of fused-ring (bicyclic) bond motifs is 1. The molecule has 4 rings (SSSR count). The summed E-state index contributed by atoms with van der Waals surface area (Å²) < 4.78 is 6.21. The van der Waals surface area contributed by atoms with E-state index < -0.39 is 12.1 Å². The van der Waals surface area contributed by atoms with Crippen molar-refractivity contribution in [1.29, 1.82) is 0 Å². The van der Waals surface area contributed by atoms with Gasteiger partial charge in [-0.15, -0.1) is 5.92 Å². The molecule has 0 saturated heterocycles. The maximum absolute atomic E-state index is 13.6. The van der Waals surface area contributed by atoms with E-state index in [4.69, 9.17) is 9.84 Å². The van der Waals surface area contributed by atoms with Crippen LogP contribution in [0.5, 0.6) is 5.75 Å². The Bertz CT molecular complexity index is 1470. The van der Waals surface area contributed by atoms with Gasteiger partial charge in [0.1, 0.15) is 5.75 Å². The summed E-state index contributed by atoms with van der Waals surface area (Å²) in [6.45, 7) is 6.20. The number of aryl methyl sites for hydroxylation is 1. The first-order chi connectivity index (χ1) is 18.4. The summed E-state index contributed by atoms with van der Waals surface area (Å²) in [6, 6.07) is 23.1. The third-order valence-corrected chi connectivity index (χ3v) is 6.40. The van der Waals surface area contributed by atoms with E-state index in [-0.39, 0.29) is 12.2 Å². The van der Waals surface area contributed by atoms with Gasteiger partial charge < -0.3 is 14.8 Å². The zero-order valence-electron chi connectivity index (χ0n) is 22.1. The van der Waals surface area contributed by atoms with Gasteiger partial charge in [0.25, 0.3) is 0 Å². The first-order valence-electron chi connectivity index (χ1n) is 13.0. The van der Waals surface area contributed by atoms with Crippen molar-refractivity contribution in [2.45, 2.75) is 52.6 Å². The highest BCUT2D eigenvalue weighted by Crippen LogP contribution is 2.28. The maximum atomic E-state index is 13.6. The number of carboxylic acids is 1. The van der Waals surface area contributed by atoms with Crippen LogP contribution in [0, 0.1) is 17.8 Å². The molecule has 4 aromatic rings. The van der Waals surface area contributed by atoms with Crippen molar-refractivity contribution >= 4 is 22.7 Å². The minimum Gasteiger partial charge on any atom is -0.481 e. The number of hydrogen-bond donors (Lipinski definition) is 2. The molecule has 1 heterocycles. The topological polar surface area (TPSA) is 79.4 Å². The lowest BCUT2D eigenvalue weighted by Gasteiger charge is -2.15. The molecule has 38 heavy (non-hydrogen) atoms. The summed E-state index contributed by atoms with van der Waals surface area (Å²) in [4.78, 5) is 27.9. The summed E-state index contributed by atoms with van der Waals surface area (Å²) in [7, 11) is 0. The lowest BCUT2D eigenvalue weighted by atomic mass is 9.98. The third kappa shape index (κ3) is 6.52. The Labute approximate surface area is 223 Å². The zero-order valence-corrected chi connectivity index (χ0v) is 22.1. The molecule has 0 radical (unpaired) electrons. The smallest absolute Gasteiger partial charge is 0.303 e. The molecule has 1 aromatic heterocycles. The number of para-hydroxylation sites is 1. The van der Waals surface area contributed by atoms with E-state index in [0.29, 0.717) is 35.6 Å². The number of carboxylic acid groups (broad SMARTS) is 1. The predicted molar refractivity (Wildman–Crippen MR) is 151 cm³/mol. The monoisotopic (exact) mass is 507 g/mol. The summed E-state index contributed by atoms with van der Waals surface area (Å²) in [6.07, 6.45) is 1.60. The van der Waals surface area contributed by atoms with Crippen molar-refractivity contribution in [1.82, 2.24) is 4.98 Å². The van der Waals surface area contributed by atoms with Crippen LogP contribution in [0.3, 0.4) is 0 Å². The molecule has 194 valence electrons. The van der Waals surface area contributed by atoms with Crippen LogP contribution in [0.2, 0.25) is 0 Å². The number of aromatic amines is 1. The average Bonchev–Trinajstić information content (AvgIpc) is 3.26. The lowest BCUT2D eigenvalue weighted by Crippen LogP contribution is -2.07. The van der Waals surface area contributed by atoms with E-state index in [1.165, 1.54) is 5.56 Å². The molecule has 0 spiro atoms. The average molecular weight is 508 g/mol. The molecule has 0 saturated carbocycles. The molecule has 5 heteroatoms. The Balaban J connectivity index is 1.54. The van der Waals surface area contributed by atoms with Crippen LogP contribution < -0.4 is 4.74 Å². The highest BCUT2D eigenvalue weighted by Gasteiger charge is 2.20. The van der Waals surface area contributed by atoms with Crippen molar-refractivity contribution in [3.05, 3.63) is 101 Å². The molecule has 2 N–H and O–H groups in total. The van der Waals surface area contributed by atoms with Crippen LogP contribution >= 0.6 is 0 Å². The SMILES string of the molecule is CC#CC(Oc1ccc(C(=O)c2c(CCCC(=O)O)[nH]c3ccccc23)cc1)c1ccc(CC(C)C)cc1. The summed E-state index contributed by atoms with van der Waals surface area (Å²) in [5.74, 6) is 6.36. The molecule has 1 unspecified atom stereocenters. The van der Waals surface area contributed by atoms with E-state index in [1.54, 1.807) is 31.2 Å². The maximum Gasteiger partial charge on any atom is 0.303 e. The number of aromatic nitrogens is 1. The predicted octanol–water partition coefficient (Wildman–Crippen LogP) is 7.15. The molecular weight excluding hydrogens is 474 g/mol. The van der Waals surface area contributed by atoms with Crippen LogP contribution in [0.15, 0.2) is 72.8 Å². The molecule has 0 amide bonds. The van der Waals surface area contributed by atoms with Crippen LogP contribution in [-0.4, -0.2) is 21.8 Å². The highest BCUT2D eigenvalue weighted by atomic mass is 16.5. The number of H-pyrrole nitrogens is 1. The molecule has 3 aromatic carbocycles. The van der Waals surface area contributed by atoms with Crippen molar-refractivity contribution in [2.24, 2.45) is 5.92 Å². The first kappa shape index (κ1) is 26.8. The molecule has 0 aliphatic carbocycles. The summed E-state index contributed by atoms with van der Waals surface area (Å²) >= 11 is 0. The summed E-state index contributed by atoms with van der Waals surface area (Å²) in [5, 5.41) is 9.86. The number of aliphatic carboxylic acids is 1. The fourth-order valence-electron chi connectivity index (χ4n) is 4.64. The van der Waals surface area contributed by atoms with Gasteiger partial charge in [-0.05, 0) is 68.0 Å². The number of carbonyl (C=O) groups is 2. The van der Waals surface area contributed by atoms with Crippen molar-refractivity contribution in [3.8, 4) is 17.6 Å². The van der Waals surface area contributed by atoms with E-state index in [1.807, 2.05) is 24.3 Å². The standard InChI is InChI=1S/C33H33NO4/c1-4-8-30(24-15-13-23(14-16-24)21-22(2)3)38-26-19-17-25(18-20-26)33(37)32-27-9-5-6-10-28(27)34-29(32)11-7-12-31(35)36/h5-6,9-10,13-20,22,30,34H,7,11-12,21H2,1-3H3,(H,35,36). The van der Waals surface area contributed by atoms with Gasteiger partial charge in [-0.3, -0.25) is 9.59 Å². The number of ether oxygens (including phenoxy) is 1. The highest BCUT2D eigenvalue weighted by molar-refractivity contribution is 6.17. The Kier molecular flexibility index (Phi) is 8.66. The third-order valence-electron chi connectivity index (χ3n) is 6.40. The Morgan fingerprint density at radius 2 is 1.68 bits per heavy atom. The second-order valence-corrected chi connectivity index (χ2v) is 9.86. The summed E-state index contributed by atoms with van der Waals surface area (Å²) in [5.41, 5.74) is 5.03. The molecule has 0 bridgehead atoms. The minimum absolute atomic E-state index is 0.0529. The van der Waals surface area contributed by atoms with Crippen LogP contribution in [0.25, 0.3) is 10.9 Å². The van der Waals surface area contributed by atoms with Crippen LogP contribution in [0.1, 0.15) is 72.5 Å². The zero-order chi connectivity index (χ0) is 27.1. The van der Waals surface area contributed by atoms with Gasteiger partial charge >= 0.3 is 5.97 Å². The Morgan fingerprint density at radius 1 is 0.974 bits per heavy atom. The lowest BCUT2D eigenvalue weighted by molar-refractivity contribution is -0.137. The second kappa shape index (κ2) is 12.3. The van der Waals surface area contributed by atoms with Gasteiger partial charge in [0, 0.05) is 34.1 Å². The van der Waals surface area contributed by atoms with Crippen molar-refractivity contribution in [2.75, 3.05) is 0 Å². The fraction of sp³-hybridized carbons (Fsp3) is 0.273. The number of hydrogen-bond acceptors (Lipinski definition) is 3. The second-order valence-electron chi connectivity index (χ2n) is 9.86. The van der Waals surface area contributed by atoms with Gasteiger partial charge in [0.05, 0.1) is 5.56 Å². The van der Waals surface area contributed by atoms with Gasteiger partial charge in [0.15, 0.2) is 11.9 Å². The largest absolute Gasteiger partial charge is 0.481 e. The van der Waals surface area contributed by atoms with Crippen molar-refractivity contribution < 1.29 is 19.4 Å². The fourth-order valence-corrected chi connectivity index (χ4v) is 4.64. The molecule has 1 atom stereocenters. The van der Waals surface area contributed by atoms with Crippen molar-refractivity contribution in [3.63, 3.8) is 0 Å². The normalized spacial score (nSPS) is 11.7. The Hall–Kier alpha value is -4.30. The van der Waals surface area contributed by atoms with E-state index in [9.17, 15) is 9.59 Å². The number of benzene rings is 3. The number of rotatable bonds is 11. The van der Waals surface area contributed by atoms with Crippen LogP contribution in [0.4, 0.5) is 0 Å². The van der Waals surface area contributed by atoms with Gasteiger partial charge in [0.2, 0.25) is 0 Å². The molecule has 0 aliphatic rings. The molecule has 0 fully saturated rings. The first-order valence-corrected chi connectivity index (χ1v) is 13.0.